The lowest BCUT2D eigenvalue weighted by Crippen LogP contribution is -2.45. The fourth-order valence-electron chi connectivity index (χ4n) is 5.32. The van der Waals surface area contributed by atoms with Gasteiger partial charge in [0.15, 0.2) is 16.1 Å². The number of nitrogens with one attached hydrogen (secondary N) is 2. The minimum absolute atomic E-state index is 0.0481. The number of thiophene rings is 1. The van der Waals surface area contributed by atoms with Crippen molar-refractivity contribution in [1.29, 1.82) is 0 Å². The van der Waals surface area contributed by atoms with Gasteiger partial charge in [-0.05, 0) is 61.9 Å². The number of ether oxygens (including phenoxy) is 2. The Morgan fingerprint density at radius 3 is 2.74 bits per heavy atom. The molecule has 2 aromatic rings. The third-order valence-corrected chi connectivity index (χ3v) is 11.6. The van der Waals surface area contributed by atoms with Gasteiger partial charge in [0, 0.05) is 35.1 Å². The molecule has 11 heteroatoms. The van der Waals surface area contributed by atoms with Gasteiger partial charge in [0.2, 0.25) is 11.8 Å². The largest absolute Gasteiger partial charge is 0.381 e. The van der Waals surface area contributed by atoms with Crippen molar-refractivity contribution in [2.75, 3.05) is 30.9 Å². The monoisotopic (exact) mass is 562 g/mol. The number of rotatable bonds is 8. The molecule has 3 aliphatic heterocycles. The number of hydrogen-bond donors (Lipinski definition) is 2. The van der Waals surface area contributed by atoms with Crippen LogP contribution in [-0.2, 0) is 38.5 Å². The highest BCUT2D eigenvalue weighted by Gasteiger charge is 2.49. The summed E-state index contributed by atoms with van der Waals surface area (Å²) in [6, 6.07) is 11.2. The molecule has 3 fully saturated rings. The van der Waals surface area contributed by atoms with Crippen molar-refractivity contribution in [3.8, 4) is 10.4 Å². The Bertz CT molecular complexity index is 1250. The highest BCUT2D eigenvalue weighted by molar-refractivity contribution is 7.92. The topological polar surface area (TPSA) is 120 Å². The fourth-order valence-corrected chi connectivity index (χ4v) is 9.10. The zero-order chi connectivity index (χ0) is 26.6. The first-order valence-corrected chi connectivity index (χ1v) is 15.7. The molecule has 38 heavy (non-hydrogen) atoms. The summed E-state index contributed by atoms with van der Waals surface area (Å²) in [5.74, 6) is -0.638. The lowest BCUT2D eigenvalue weighted by atomic mass is 9.94. The van der Waals surface area contributed by atoms with Gasteiger partial charge in [0.1, 0.15) is 4.75 Å². The quantitative estimate of drug-likeness (QED) is 0.464. The van der Waals surface area contributed by atoms with Crippen LogP contribution in [0.1, 0.15) is 56.2 Å². The molecule has 0 bridgehead atoms. The first kappa shape index (κ1) is 27.3. The van der Waals surface area contributed by atoms with Gasteiger partial charge in [-0.25, -0.2) is 18.7 Å². The van der Waals surface area contributed by atoms with E-state index in [1.807, 2.05) is 36.4 Å². The molecule has 2 unspecified atom stereocenters. The Balaban J connectivity index is 1.34. The number of benzene rings is 1. The average Bonchev–Trinajstić information content (AvgIpc) is 3.63. The second-order valence-electron chi connectivity index (χ2n) is 10.2. The van der Waals surface area contributed by atoms with Gasteiger partial charge < -0.3 is 14.8 Å². The van der Waals surface area contributed by atoms with Gasteiger partial charge in [-0.1, -0.05) is 18.6 Å². The van der Waals surface area contributed by atoms with E-state index < -0.39 is 26.8 Å². The summed E-state index contributed by atoms with van der Waals surface area (Å²) in [5.41, 5.74) is 3.99. The summed E-state index contributed by atoms with van der Waals surface area (Å²) in [4.78, 5) is 32.4. The van der Waals surface area contributed by atoms with E-state index in [4.69, 9.17) is 14.3 Å². The summed E-state index contributed by atoms with van der Waals surface area (Å²) in [6.07, 6.45) is 4.28. The molecule has 4 heterocycles. The Kier molecular flexibility index (Phi) is 8.49. The lowest BCUT2D eigenvalue weighted by Gasteiger charge is -2.35. The maximum Gasteiger partial charge on any atom is 0.245 e. The van der Waals surface area contributed by atoms with Gasteiger partial charge in [0.05, 0.1) is 24.7 Å². The molecule has 9 nitrogen and oxygen atoms in total. The summed E-state index contributed by atoms with van der Waals surface area (Å²) in [7, 11) is -3.58. The normalized spacial score (nSPS) is 27.1. The molecular formula is C27H34N2O7S2. The third kappa shape index (κ3) is 5.96. The molecule has 2 N–H and O–H groups in total. The summed E-state index contributed by atoms with van der Waals surface area (Å²) >= 11 is 1.38. The van der Waals surface area contributed by atoms with Crippen LogP contribution in [0.3, 0.4) is 0 Å². The van der Waals surface area contributed by atoms with Gasteiger partial charge in [-0.3, -0.25) is 9.59 Å². The van der Waals surface area contributed by atoms with Crippen LogP contribution >= 0.6 is 11.3 Å². The van der Waals surface area contributed by atoms with Crippen molar-refractivity contribution in [2.24, 2.45) is 5.92 Å². The molecule has 2 amide bonds. The molecule has 0 radical (unpaired) electrons. The summed E-state index contributed by atoms with van der Waals surface area (Å²) in [6.45, 7) is 1.61. The molecule has 0 aliphatic carbocycles. The molecule has 3 aliphatic rings. The van der Waals surface area contributed by atoms with E-state index >= 15 is 0 Å². The highest BCUT2D eigenvalue weighted by atomic mass is 32.2. The number of hydroxylamine groups is 1. The van der Waals surface area contributed by atoms with Crippen molar-refractivity contribution in [2.45, 2.75) is 62.4 Å². The number of amides is 2. The van der Waals surface area contributed by atoms with Gasteiger partial charge in [-0.2, -0.15) is 0 Å². The third-order valence-electron chi connectivity index (χ3n) is 7.50. The second-order valence-corrected chi connectivity index (χ2v) is 13.7. The first-order valence-electron chi connectivity index (χ1n) is 13.2. The first-order chi connectivity index (χ1) is 18.4. The van der Waals surface area contributed by atoms with E-state index in [-0.39, 0.29) is 24.0 Å². The molecule has 0 spiro atoms. The zero-order valence-electron chi connectivity index (χ0n) is 21.3. The van der Waals surface area contributed by atoms with Gasteiger partial charge in [0.25, 0.3) is 0 Å². The average molecular weight is 563 g/mol. The minimum atomic E-state index is -3.58. The maximum absolute atomic E-state index is 13.5. The van der Waals surface area contributed by atoms with Crippen molar-refractivity contribution in [3.63, 3.8) is 0 Å². The van der Waals surface area contributed by atoms with E-state index in [9.17, 15) is 18.0 Å². The standard InChI is InChI=1S/C27H34N2O7S2/c30-24(29-36-25-8-1-3-13-35-25)17-27(12-2-4-15-38(27,32)33)23-10-9-22(37-23)19-6-5-7-21(16-19)28-26(31)20-11-14-34-18-20/h5-7,9-10,16,20,25H,1-4,8,11-15,17-18H2,(H,28,31)(H,29,30)/t20?,25?,27-/m0/s1. The van der Waals surface area contributed by atoms with Crippen molar-refractivity contribution in [3.05, 3.63) is 41.3 Å². The van der Waals surface area contributed by atoms with Gasteiger partial charge in [-0.15, -0.1) is 11.3 Å². The smallest absolute Gasteiger partial charge is 0.245 e. The molecule has 5 rings (SSSR count). The SMILES string of the molecule is O=C(C[C@]1(c2ccc(-c3cccc(NC(=O)C4CCOC4)c3)s2)CCCCS1(=O)=O)NOC1CCCCO1. The van der Waals surface area contributed by atoms with Crippen LogP contribution in [0.15, 0.2) is 36.4 Å². The molecule has 206 valence electrons. The van der Waals surface area contributed by atoms with E-state index in [1.54, 1.807) is 0 Å². The summed E-state index contributed by atoms with van der Waals surface area (Å²) in [5, 5.41) is 2.96. The number of sulfone groups is 1. The Morgan fingerprint density at radius 1 is 1.08 bits per heavy atom. The Labute approximate surface area is 227 Å². The van der Waals surface area contributed by atoms with E-state index in [0.717, 1.165) is 29.7 Å². The molecular weight excluding hydrogens is 528 g/mol. The van der Waals surface area contributed by atoms with E-state index in [1.165, 1.54) is 11.3 Å². The van der Waals surface area contributed by atoms with Crippen LogP contribution in [0.5, 0.6) is 0 Å². The molecule has 0 saturated carbocycles. The number of hydrogen-bond acceptors (Lipinski definition) is 8. The van der Waals surface area contributed by atoms with Crippen LogP contribution in [-0.4, -0.2) is 52.1 Å². The predicted octanol–water partition coefficient (Wildman–Crippen LogP) is 4.15. The molecule has 1 aromatic heterocycles. The fraction of sp³-hybridized carbons (Fsp3) is 0.556. The molecule has 1 aromatic carbocycles. The van der Waals surface area contributed by atoms with E-state index in [0.29, 0.717) is 56.1 Å². The minimum Gasteiger partial charge on any atom is -0.381 e. The number of carbonyl (C=O) groups is 2. The highest BCUT2D eigenvalue weighted by Crippen LogP contribution is 2.47. The van der Waals surface area contributed by atoms with Crippen molar-refractivity contribution >= 4 is 38.7 Å². The van der Waals surface area contributed by atoms with Gasteiger partial charge >= 0.3 is 0 Å². The maximum atomic E-state index is 13.5. The second kappa shape index (κ2) is 11.8. The number of carbonyl (C=O) groups excluding carboxylic acids is 2. The van der Waals surface area contributed by atoms with Crippen molar-refractivity contribution in [1.82, 2.24) is 5.48 Å². The van der Waals surface area contributed by atoms with E-state index in [2.05, 4.69) is 10.8 Å². The Morgan fingerprint density at radius 2 is 1.97 bits per heavy atom. The molecule has 3 atom stereocenters. The summed E-state index contributed by atoms with van der Waals surface area (Å²) < 4.78 is 36.5. The van der Waals surface area contributed by atoms with Crippen LogP contribution in [0.2, 0.25) is 0 Å². The van der Waals surface area contributed by atoms with Crippen LogP contribution in [0, 0.1) is 5.92 Å². The predicted molar refractivity (Wildman–Crippen MR) is 144 cm³/mol. The Hall–Kier alpha value is -2.31. The van der Waals surface area contributed by atoms with Crippen LogP contribution < -0.4 is 10.8 Å². The molecule has 3 saturated heterocycles. The van der Waals surface area contributed by atoms with Crippen LogP contribution in [0.4, 0.5) is 5.69 Å². The van der Waals surface area contributed by atoms with Crippen LogP contribution in [0.25, 0.3) is 10.4 Å². The number of anilines is 1. The van der Waals surface area contributed by atoms with Crippen molar-refractivity contribution < 1.29 is 32.3 Å². The zero-order valence-corrected chi connectivity index (χ0v) is 22.9. The lowest BCUT2D eigenvalue weighted by molar-refractivity contribution is -0.200.